The zero-order valence-electron chi connectivity index (χ0n) is 9.73. The van der Waals surface area contributed by atoms with Gasteiger partial charge in [-0.3, -0.25) is 0 Å². The first kappa shape index (κ1) is 9.60. The second kappa shape index (κ2) is 3.30. The van der Waals surface area contributed by atoms with Crippen LogP contribution >= 0.6 is 11.8 Å². The molecule has 0 saturated carbocycles. The molecule has 0 fully saturated rings. The Labute approximate surface area is 105 Å². The van der Waals surface area contributed by atoms with Crippen LogP contribution in [0.1, 0.15) is 18.1 Å². The first-order valence-electron chi connectivity index (χ1n) is 6.04. The van der Waals surface area contributed by atoms with Gasteiger partial charge in [-0.25, -0.2) is 0 Å². The van der Waals surface area contributed by atoms with Gasteiger partial charge >= 0.3 is 0 Å². The molecule has 0 unspecified atom stereocenters. The lowest BCUT2D eigenvalue weighted by molar-refractivity contribution is 0.499. The van der Waals surface area contributed by atoms with E-state index < -0.39 is 0 Å². The molecule has 84 valence electrons. The van der Waals surface area contributed by atoms with Gasteiger partial charge in [0.05, 0.1) is 11.6 Å². The molecule has 0 amide bonds. The van der Waals surface area contributed by atoms with Crippen LogP contribution in [0.15, 0.2) is 36.4 Å². The van der Waals surface area contributed by atoms with Gasteiger partial charge < -0.3 is 4.90 Å². The lowest BCUT2D eigenvalue weighted by atomic mass is 10.0. The number of rotatable bonds is 1. The fourth-order valence-electron chi connectivity index (χ4n) is 2.89. The Hall–Kier alpha value is -1.41. The predicted molar refractivity (Wildman–Crippen MR) is 75.6 cm³/mol. The lowest BCUT2D eigenvalue weighted by Gasteiger charge is -2.19. The van der Waals surface area contributed by atoms with Gasteiger partial charge in [0.1, 0.15) is 0 Å². The molecule has 2 aliphatic rings. The molecule has 2 aromatic rings. The van der Waals surface area contributed by atoms with Crippen molar-refractivity contribution in [2.75, 3.05) is 12.4 Å². The molecule has 1 aliphatic carbocycles. The summed E-state index contributed by atoms with van der Waals surface area (Å²) in [5.41, 5.74) is 4.33. The normalized spacial score (nSPS) is 17.1. The molecule has 0 atom stereocenters. The predicted octanol–water partition coefficient (Wildman–Crippen LogP) is 4.01. The van der Waals surface area contributed by atoms with Crippen LogP contribution in [0.4, 0.5) is 0 Å². The Kier molecular flexibility index (Phi) is 1.86. The first-order valence-corrected chi connectivity index (χ1v) is 7.03. The lowest BCUT2D eigenvalue weighted by Crippen LogP contribution is -2.16. The highest BCUT2D eigenvalue weighted by atomic mass is 32.2. The highest BCUT2D eigenvalue weighted by molar-refractivity contribution is 8.08. The van der Waals surface area contributed by atoms with Gasteiger partial charge in [0.25, 0.3) is 0 Å². The van der Waals surface area contributed by atoms with E-state index in [2.05, 4.69) is 48.2 Å². The standard InChI is InChI=1S/C15H13NS/c1-2-16-9-17-15-12-8-4-6-10-5-3-7-11(13(10)12)14(15)16/h3-8H,2,9H2,1H3. The fraction of sp³-hybridized carbons (Fsp3) is 0.200. The Balaban J connectivity index is 2.10. The molecule has 1 heterocycles. The molecule has 0 N–H and O–H groups in total. The molecule has 0 spiro atoms. The monoisotopic (exact) mass is 239 g/mol. The summed E-state index contributed by atoms with van der Waals surface area (Å²) < 4.78 is 0. The van der Waals surface area contributed by atoms with Crippen molar-refractivity contribution in [3.63, 3.8) is 0 Å². The average molecular weight is 239 g/mol. The summed E-state index contributed by atoms with van der Waals surface area (Å²) in [5.74, 6) is 1.10. The van der Waals surface area contributed by atoms with Crippen molar-refractivity contribution in [1.82, 2.24) is 4.90 Å². The maximum atomic E-state index is 2.48. The Morgan fingerprint density at radius 2 is 1.88 bits per heavy atom. The van der Waals surface area contributed by atoms with Crippen LogP contribution in [0.3, 0.4) is 0 Å². The maximum Gasteiger partial charge on any atom is 0.0687 e. The van der Waals surface area contributed by atoms with Crippen LogP contribution in [-0.4, -0.2) is 17.3 Å². The van der Waals surface area contributed by atoms with E-state index in [1.54, 1.807) is 0 Å². The minimum absolute atomic E-state index is 1.09. The van der Waals surface area contributed by atoms with E-state index in [9.17, 15) is 0 Å². The number of hydrogen-bond donors (Lipinski definition) is 0. The summed E-state index contributed by atoms with van der Waals surface area (Å²) in [6, 6.07) is 13.3. The second-order valence-electron chi connectivity index (χ2n) is 4.52. The number of benzene rings is 2. The number of nitrogens with zero attached hydrogens (tertiary/aromatic N) is 1. The molecule has 17 heavy (non-hydrogen) atoms. The molecular weight excluding hydrogens is 226 g/mol. The minimum Gasteiger partial charge on any atom is -0.361 e. The quantitative estimate of drug-likeness (QED) is 0.740. The van der Waals surface area contributed by atoms with E-state index >= 15 is 0 Å². The van der Waals surface area contributed by atoms with Crippen molar-refractivity contribution < 1.29 is 0 Å². The molecule has 0 radical (unpaired) electrons. The van der Waals surface area contributed by atoms with Gasteiger partial charge in [0, 0.05) is 17.0 Å². The molecule has 1 aliphatic heterocycles. The summed E-state index contributed by atoms with van der Waals surface area (Å²) in [6.07, 6.45) is 0. The fourth-order valence-corrected chi connectivity index (χ4v) is 4.19. The molecular formula is C15H13NS. The van der Waals surface area contributed by atoms with E-state index in [0.717, 1.165) is 12.4 Å². The third-order valence-corrected chi connectivity index (χ3v) is 4.82. The molecule has 1 nitrogen and oxygen atoms in total. The molecule has 2 heteroatoms. The zero-order chi connectivity index (χ0) is 11.4. The average Bonchev–Trinajstić information content (AvgIpc) is 2.92. The Morgan fingerprint density at radius 3 is 2.65 bits per heavy atom. The van der Waals surface area contributed by atoms with Gasteiger partial charge in [-0.2, -0.15) is 0 Å². The Morgan fingerprint density at radius 1 is 1.12 bits per heavy atom. The van der Waals surface area contributed by atoms with Crippen molar-refractivity contribution in [2.45, 2.75) is 6.92 Å². The summed E-state index contributed by atoms with van der Waals surface area (Å²) in [7, 11) is 0. The van der Waals surface area contributed by atoms with Gasteiger partial charge in [-0.05, 0) is 23.3 Å². The van der Waals surface area contributed by atoms with Crippen molar-refractivity contribution in [3.8, 4) is 0 Å². The molecule has 0 aromatic heterocycles. The van der Waals surface area contributed by atoms with Crippen molar-refractivity contribution in [3.05, 3.63) is 47.5 Å². The molecule has 4 rings (SSSR count). The van der Waals surface area contributed by atoms with Crippen LogP contribution in [0, 0.1) is 0 Å². The van der Waals surface area contributed by atoms with E-state index in [1.807, 2.05) is 11.8 Å². The van der Waals surface area contributed by atoms with Crippen LogP contribution < -0.4 is 0 Å². The second-order valence-corrected chi connectivity index (χ2v) is 5.47. The number of thioether (sulfide) groups is 1. The smallest absolute Gasteiger partial charge is 0.0687 e. The first-order chi connectivity index (χ1) is 8.40. The largest absolute Gasteiger partial charge is 0.361 e. The van der Waals surface area contributed by atoms with Gasteiger partial charge in [-0.1, -0.05) is 36.4 Å². The SMILES string of the molecule is CCN1CSC2=C1c1cccc3cccc2c13. The summed E-state index contributed by atoms with van der Waals surface area (Å²) >= 11 is 1.98. The van der Waals surface area contributed by atoms with Gasteiger partial charge in [-0.15, -0.1) is 11.8 Å². The maximum absolute atomic E-state index is 2.48. The number of fused-ring (bicyclic) bond motifs is 2. The minimum atomic E-state index is 1.09. The summed E-state index contributed by atoms with van der Waals surface area (Å²) in [5, 5.41) is 2.82. The third kappa shape index (κ3) is 1.11. The molecule has 0 saturated heterocycles. The van der Waals surface area contributed by atoms with Crippen LogP contribution in [0.2, 0.25) is 0 Å². The van der Waals surface area contributed by atoms with Gasteiger partial charge in [0.15, 0.2) is 0 Å². The van der Waals surface area contributed by atoms with E-state index in [0.29, 0.717) is 0 Å². The highest BCUT2D eigenvalue weighted by Gasteiger charge is 2.31. The third-order valence-electron chi connectivity index (χ3n) is 3.68. The van der Waals surface area contributed by atoms with Crippen LogP contribution in [0.5, 0.6) is 0 Å². The Bertz CT molecular complexity index is 652. The topological polar surface area (TPSA) is 3.24 Å². The summed E-state index contributed by atoms with van der Waals surface area (Å²) in [6.45, 7) is 3.33. The van der Waals surface area contributed by atoms with E-state index in [4.69, 9.17) is 0 Å². The van der Waals surface area contributed by atoms with Crippen molar-refractivity contribution in [2.24, 2.45) is 0 Å². The molecule has 2 aromatic carbocycles. The van der Waals surface area contributed by atoms with Crippen LogP contribution in [0.25, 0.3) is 21.4 Å². The van der Waals surface area contributed by atoms with Crippen molar-refractivity contribution in [1.29, 1.82) is 0 Å². The van der Waals surface area contributed by atoms with E-state index in [1.165, 1.54) is 32.5 Å². The van der Waals surface area contributed by atoms with Gasteiger partial charge in [0.2, 0.25) is 0 Å². The molecule has 0 bridgehead atoms. The summed E-state index contributed by atoms with van der Waals surface area (Å²) in [4.78, 5) is 3.97. The number of hydrogen-bond acceptors (Lipinski definition) is 2. The highest BCUT2D eigenvalue weighted by Crippen LogP contribution is 2.52. The van der Waals surface area contributed by atoms with E-state index in [-0.39, 0.29) is 0 Å². The van der Waals surface area contributed by atoms with Crippen LogP contribution in [-0.2, 0) is 0 Å². The van der Waals surface area contributed by atoms with Crippen molar-refractivity contribution >= 4 is 33.1 Å². The zero-order valence-corrected chi connectivity index (χ0v) is 10.6.